The van der Waals surface area contributed by atoms with Gasteiger partial charge in [0.2, 0.25) is 5.65 Å². The van der Waals surface area contributed by atoms with E-state index in [1.807, 2.05) is 24.4 Å². The molecule has 0 radical (unpaired) electrons. The third-order valence-electron chi connectivity index (χ3n) is 3.12. The number of carboxylic acids is 1. The van der Waals surface area contributed by atoms with E-state index < -0.39 is 5.97 Å². The average Bonchev–Trinajstić information content (AvgIpc) is 2.92. The lowest BCUT2D eigenvalue weighted by Crippen LogP contribution is -2.05. The van der Waals surface area contributed by atoms with Crippen molar-refractivity contribution in [1.82, 2.24) is 14.6 Å². The van der Waals surface area contributed by atoms with Gasteiger partial charge in [0, 0.05) is 17.4 Å². The minimum Gasteiger partial charge on any atom is -0.489 e. The second-order valence-corrected chi connectivity index (χ2v) is 4.71. The Labute approximate surface area is 126 Å². The van der Waals surface area contributed by atoms with Crippen molar-refractivity contribution in [3.8, 4) is 17.1 Å². The van der Waals surface area contributed by atoms with E-state index in [1.54, 1.807) is 22.6 Å². The number of nitrogens with two attached hydrogens (primary N) is 1. The molecule has 0 aliphatic heterocycles. The maximum absolute atomic E-state index is 10.5. The summed E-state index contributed by atoms with van der Waals surface area (Å²) >= 11 is 0. The van der Waals surface area contributed by atoms with E-state index in [0.29, 0.717) is 22.9 Å². The van der Waals surface area contributed by atoms with Crippen LogP contribution < -0.4 is 10.5 Å². The Morgan fingerprint density at radius 2 is 2.14 bits per heavy atom. The Morgan fingerprint density at radius 3 is 2.91 bits per heavy atom. The van der Waals surface area contributed by atoms with Gasteiger partial charge < -0.3 is 15.6 Å². The van der Waals surface area contributed by atoms with Crippen molar-refractivity contribution in [3.63, 3.8) is 0 Å². The Kier molecular flexibility index (Phi) is 3.61. The number of nitrogen functional groups attached to an aromatic ring is 1. The SMILES string of the molecule is Nc1cccc(-c2nnc3c(OCCC(=O)O)cccn23)c1. The molecular formula is C15H14N4O3. The number of anilines is 1. The molecule has 7 nitrogen and oxygen atoms in total. The zero-order chi connectivity index (χ0) is 15.5. The van der Waals surface area contributed by atoms with Gasteiger partial charge in [-0.3, -0.25) is 9.20 Å². The number of carbonyl (C=O) groups is 1. The Hall–Kier alpha value is -3.09. The second kappa shape index (κ2) is 5.72. The first-order valence-electron chi connectivity index (χ1n) is 6.69. The molecule has 2 aromatic heterocycles. The van der Waals surface area contributed by atoms with Crippen LogP contribution in [0.3, 0.4) is 0 Å². The first kappa shape index (κ1) is 13.9. The van der Waals surface area contributed by atoms with Crippen LogP contribution in [0.4, 0.5) is 5.69 Å². The number of aromatic nitrogens is 3. The molecule has 0 atom stereocenters. The van der Waals surface area contributed by atoms with Crippen molar-refractivity contribution in [3.05, 3.63) is 42.6 Å². The fourth-order valence-corrected chi connectivity index (χ4v) is 2.13. The molecule has 7 heteroatoms. The summed E-state index contributed by atoms with van der Waals surface area (Å²) in [6, 6.07) is 10.9. The molecule has 0 unspecified atom stereocenters. The molecule has 3 aromatic rings. The van der Waals surface area contributed by atoms with E-state index in [1.165, 1.54) is 0 Å². The number of fused-ring (bicyclic) bond motifs is 1. The highest BCUT2D eigenvalue weighted by molar-refractivity contribution is 5.67. The summed E-state index contributed by atoms with van der Waals surface area (Å²) in [5.41, 5.74) is 7.81. The molecule has 112 valence electrons. The van der Waals surface area contributed by atoms with Crippen LogP contribution in [0, 0.1) is 0 Å². The number of ether oxygens (including phenoxy) is 1. The van der Waals surface area contributed by atoms with Gasteiger partial charge in [-0.2, -0.15) is 0 Å². The topological polar surface area (TPSA) is 103 Å². The van der Waals surface area contributed by atoms with E-state index >= 15 is 0 Å². The number of carboxylic acid groups (broad SMARTS) is 1. The zero-order valence-electron chi connectivity index (χ0n) is 11.6. The van der Waals surface area contributed by atoms with Gasteiger partial charge in [-0.25, -0.2) is 0 Å². The van der Waals surface area contributed by atoms with E-state index in [-0.39, 0.29) is 13.0 Å². The van der Waals surface area contributed by atoms with Crippen LogP contribution in [-0.4, -0.2) is 32.3 Å². The average molecular weight is 298 g/mol. The third kappa shape index (κ3) is 2.69. The zero-order valence-corrected chi connectivity index (χ0v) is 11.6. The predicted molar refractivity (Wildman–Crippen MR) is 80.6 cm³/mol. The minimum atomic E-state index is -0.908. The summed E-state index contributed by atoms with van der Waals surface area (Å²) < 4.78 is 7.26. The molecule has 2 heterocycles. The maximum atomic E-state index is 10.5. The van der Waals surface area contributed by atoms with E-state index in [2.05, 4.69) is 10.2 Å². The highest BCUT2D eigenvalue weighted by Gasteiger charge is 2.12. The smallest absolute Gasteiger partial charge is 0.306 e. The lowest BCUT2D eigenvalue weighted by Gasteiger charge is -2.06. The molecule has 22 heavy (non-hydrogen) atoms. The van der Waals surface area contributed by atoms with Gasteiger partial charge >= 0.3 is 5.97 Å². The molecule has 0 saturated heterocycles. The van der Waals surface area contributed by atoms with Crippen molar-refractivity contribution >= 4 is 17.3 Å². The summed E-state index contributed by atoms with van der Waals surface area (Å²) in [7, 11) is 0. The molecule has 0 fully saturated rings. The number of hydrogen-bond donors (Lipinski definition) is 2. The number of pyridine rings is 1. The molecule has 0 aliphatic carbocycles. The summed E-state index contributed by atoms with van der Waals surface area (Å²) in [4.78, 5) is 10.5. The molecule has 0 amide bonds. The predicted octanol–water partition coefficient (Wildman–Crippen LogP) is 1.83. The first-order chi connectivity index (χ1) is 10.6. The fourth-order valence-electron chi connectivity index (χ4n) is 2.13. The van der Waals surface area contributed by atoms with Crippen LogP contribution in [-0.2, 0) is 4.79 Å². The summed E-state index contributed by atoms with van der Waals surface area (Å²) in [5, 5.41) is 17.0. The van der Waals surface area contributed by atoms with Crippen molar-refractivity contribution in [2.75, 3.05) is 12.3 Å². The number of benzene rings is 1. The summed E-state index contributed by atoms with van der Waals surface area (Å²) in [5.74, 6) is 0.228. The van der Waals surface area contributed by atoms with E-state index in [9.17, 15) is 4.79 Å². The summed E-state index contributed by atoms with van der Waals surface area (Å²) in [6.07, 6.45) is 1.75. The van der Waals surface area contributed by atoms with Gasteiger partial charge in [0.15, 0.2) is 11.6 Å². The third-order valence-corrected chi connectivity index (χ3v) is 3.12. The van der Waals surface area contributed by atoms with Gasteiger partial charge in [-0.1, -0.05) is 12.1 Å². The minimum absolute atomic E-state index is 0.0722. The standard InChI is InChI=1S/C15H14N4O3/c16-11-4-1-3-10(9-11)14-17-18-15-12(5-2-7-19(14)15)22-8-6-13(20)21/h1-5,7,9H,6,8,16H2,(H,20,21). The molecule has 0 bridgehead atoms. The number of rotatable bonds is 5. The molecule has 0 aliphatic rings. The quantitative estimate of drug-likeness (QED) is 0.697. The summed E-state index contributed by atoms with van der Waals surface area (Å²) in [6.45, 7) is 0.0789. The van der Waals surface area contributed by atoms with Crippen LogP contribution in [0.2, 0.25) is 0 Å². The second-order valence-electron chi connectivity index (χ2n) is 4.71. The Balaban J connectivity index is 1.96. The van der Waals surface area contributed by atoms with E-state index in [0.717, 1.165) is 5.56 Å². The monoisotopic (exact) mass is 298 g/mol. The highest BCUT2D eigenvalue weighted by Crippen LogP contribution is 2.24. The van der Waals surface area contributed by atoms with Crippen LogP contribution in [0.1, 0.15) is 6.42 Å². The molecule has 3 rings (SSSR count). The van der Waals surface area contributed by atoms with Crippen molar-refractivity contribution < 1.29 is 14.6 Å². The van der Waals surface area contributed by atoms with E-state index in [4.69, 9.17) is 15.6 Å². The number of hydrogen-bond acceptors (Lipinski definition) is 5. The lowest BCUT2D eigenvalue weighted by atomic mass is 10.2. The Bertz CT molecular complexity index is 829. The maximum Gasteiger partial charge on any atom is 0.306 e. The van der Waals surface area contributed by atoms with Crippen LogP contribution in [0.15, 0.2) is 42.6 Å². The molecule has 0 saturated carbocycles. The lowest BCUT2D eigenvalue weighted by molar-refractivity contribution is -0.137. The van der Waals surface area contributed by atoms with Gasteiger partial charge in [-0.15, -0.1) is 10.2 Å². The molecule has 0 spiro atoms. The van der Waals surface area contributed by atoms with Gasteiger partial charge in [0.25, 0.3) is 0 Å². The first-order valence-corrected chi connectivity index (χ1v) is 6.69. The van der Waals surface area contributed by atoms with Crippen molar-refractivity contribution in [2.45, 2.75) is 6.42 Å². The van der Waals surface area contributed by atoms with Gasteiger partial charge in [0.05, 0.1) is 13.0 Å². The van der Waals surface area contributed by atoms with Crippen LogP contribution in [0.25, 0.3) is 17.0 Å². The number of aliphatic carboxylic acids is 1. The van der Waals surface area contributed by atoms with Crippen LogP contribution >= 0.6 is 0 Å². The van der Waals surface area contributed by atoms with Gasteiger partial charge in [0.1, 0.15) is 0 Å². The fraction of sp³-hybridized carbons (Fsp3) is 0.133. The molecular weight excluding hydrogens is 284 g/mol. The normalized spacial score (nSPS) is 10.7. The molecule has 1 aromatic carbocycles. The number of nitrogens with zero attached hydrogens (tertiary/aromatic N) is 3. The highest BCUT2D eigenvalue weighted by atomic mass is 16.5. The molecule has 3 N–H and O–H groups in total. The Morgan fingerprint density at radius 1 is 1.27 bits per heavy atom. The van der Waals surface area contributed by atoms with Crippen molar-refractivity contribution in [2.24, 2.45) is 0 Å². The van der Waals surface area contributed by atoms with Gasteiger partial charge in [-0.05, 0) is 24.3 Å². The largest absolute Gasteiger partial charge is 0.489 e. The van der Waals surface area contributed by atoms with Crippen LogP contribution in [0.5, 0.6) is 5.75 Å². The van der Waals surface area contributed by atoms with Crippen molar-refractivity contribution in [1.29, 1.82) is 0 Å².